The van der Waals surface area contributed by atoms with Gasteiger partial charge in [0, 0.05) is 5.69 Å². The summed E-state index contributed by atoms with van der Waals surface area (Å²) in [5.74, 6) is -0.233. The molecule has 5 nitrogen and oxygen atoms in total. The predicted molar refractivity (Wildman–Crippen MR) is 95.8 cm³/mol. The van der Waals surface area contributed by atoms with Gasteiger partial charge in [0.1, 0.15) is 0 Å². The first-order valence-electron chi connectivity index (χ1n) is 7.75. The Morgan fingerprint density at radius 2 is 1.96 bits per heavy atom. The second kappa shape index (κ2) is 7.95. The lowest BCUT2D eigenvalue weighted by molar-refractivity contribution is 0.0397. The number of anilines is 1. The Balaban J connectivity index is 1.68. The number of hydrogen-bond donors (Lipinski definition) is 1. The zero-order valence-corrected chi connectivity index (χ0v) is 13.9. The molecule has 0 aliphatic carbocycles. The maximum Gasteiger partial charge on any atom is 0.257 e. The molecule has 1 heterocycles. The quantitative estimate of drug-likeness (QED) is 0.867. The summed E-state index contributed by atoms with van der Waals surface area (Å²) in [5, 5.41) is 9.70. The topological polar surface area (TPSA) is 53.9 Å². The number of nitrogens with zero attached hydrogens (tertiary/aromatic N) is 2. The number of rotatable bonds is 4. The van der Waals surface area contributed by atoms with Crippen molar-refractivity contribution in [1.82, 2.24) is 5.01 Å². The molecule has 0 radical (unpaired) electrons. The number of halogens is 1. The Morgan fingerprint density at radius 1 is 1.17 bits per heavy atom. The second-order valence-corrected chi connectivity index (χ2v) is 5.78. The fourth-order valence-corrected chi connectivity index (χ4v) is 2.58. The molecule has 1 amide bonds. The summed E-state index contributed by atoms with van der Waals surface area (Å²) >= 11 is 6.05. The molecule has 124 valence electrons. The van der Waals surface area contributed by atoms with Crippen LogP contribution in [0.4, 0.5) is 5.69 Å². The van der Waals surface area contributed by atoms with Gasteiger partial charge in [0.15, 0.2) is 0 Å². The normalized spacial score (nSPS) is 14.8. The molecule has 2 aromatic rings. The van der Waals surface area contributed by atoms with Gasteiger partial charge in [-0.2, -0.15) is 5.10 Å². The van der Waals surface area contributed by atoms with Gasteiger partial charge in [-0.1, -0.05) is 35.9 Å². The molecule has 0 saturated carbocycles. The van der Waals surface area contributed by atoms with E-state index in [0.29, 0.717) is 29.5 Å². The van der Waals surface area contributed by atoms with Gasteiger partial charge in [-0.25, -0.2) is 0 Å². The second-order valence-electron chi connectivity index (χ2n) is 5.37. The van der Waals surface area contributed by atoms with Crippen LogP contribution >= 0.6 is 11.6 Å². The van der Waals surface area contributed by atoms with Crippen LogP contribution in [0.25, 0.3) is 0 Å². The van der Waals surface area contributed by atoms with Gasteiger partial charge in [-0.15, -0.1) is 0 Å². The van der Waals surface area contributed by atoms with Crippen molar-refractivity contribution >= 4 is 29.4 Å². The Labute approximate surface area is 145 Å². The third-order valence-corrected chi connectivity index (χ3v) is 3.95. The van der Waals surface area contributed by atoms with Gasteiger partial charge in [0.25, 0.3) is 5.91 Å². The van der Waals surface area contributed by atoms with Gasteiger partial charge in [0.05, 0.1) is 43.1 Å². The zero-order chi connectivity index (χ0) is 16.8. The van der Waals surface area contributed by atoms with E-state index in [9.17, 15) is 4.79 Å². The molecule has 0 bridgehead atoms. The van der Waals surface area contributed by atoms with E-state index in [-0.39, 0.29) is 5.91 Å². The van der Waals surface area contributed by atoms with E-state index in [0.717, 1.165) is 18.7 Å². The van der Waals surface area contributed by atoms with Crippen molar-refractivity contribution in [1.29, 1.82) is 0 Å². The number of ether oxygens (including phenoxy) is 1. The molecule has 24 heavy (non-hydrogen) atoms. The van der Waals surface area contributed by atoms with Crippen molar-refractivity contribution in [2.45, 2.75) is 0 Å². The highest BCUT2D eigenvalue weighted by atomic mass is 35.5. The smallest absolute Gasteiger partial charge is 0.257 e. The maximum absolute atomic E-state index is 12.3. The Morgan fingerprint density at radius 3 is 2.75 bits per heavy atom. The first kappa shape index (κ1) is 16.5. The molecule has 1 N–H and O–H groups in total. The lowest BCUT2D eigenvalue weighted by Crippen LogP contribution is -2.32. The number of hydrogen-bond acceptors (Lipinski definition) is 4. The first-order valence-corrected chi connectivity index (χ1v) is 8.13. The number of benzene rings is 2. The Bertz CT molecular complexity index is 743. The summed E-state index contributed by atoms with van der Waals surface area (Å²) in [6.45, 7) is 2.98. The number of hydrazone groups is 1. The Kier molecular flexibility index (Phi) is 5.46. The SMILES string of the molecule is O=C(Nc1cccc(C=NN2CCOCC2)c1)c1ccccc1Cl. The molecule has 0 spiro atoms. The molecular weight excluding hydrogens is 326 g/mol. The molecule has 6 heteroatoms. The van der Waals surface area contributed by atoms with Crippen LogP contribution in [0, 0.1) is 0 Å². The maximum atomic E-state index is 12.3. The summed E-state index contributed by atoms with van der Waals surface area (Å²) in [6, 6.07) is 14.5. The molecule has 0 unspecified atom stereocenters. The fraction of sp³-hybridized carbons (Fsp3) is 0.222. The lowest BCUT2D eigenvalue weighted by atomic mass is 10.2. The number of carbonyl (C=O) groups is 1. The van der Waals surface area contributed by atoms with Crippen molar-refractivity contribution in [2.24, 2.45) is 5.10 Å². The van der Waals surface area contributed by atoms with Crippen LogP contribution in [0.5, 0.6) is 0 Å². The van der Waals surface area contributed by atoms with Crippen LogP contribution in [0.1, 0.15) is 15.9 Å². The van der Waals surface area contributed by atoms with E-state index in [4.69, 9.17) is 16.3 Å². The summed E-state index contributed by atoms with van der Waals surface area (Å²) in [7, 11) is 0. The number of carbonyl (C=O) groups excluding carboxylic acids is 1. The Hall–Kier alpha value is -2.37. The lowest BCUT2D eigenvalue weighted by Gasteiger charge is -2.23. The average Bonchev–Trinajstić information content (AvgIpc) is 2.61. The van der Waals surface area contributed by atoms with Gasteiger partial charge in [0.2, 0.25) is 0 Å². The first-order chi connectivity index (χ1) is 11.7. The summed E-state index contributed by atoms with van der Waals surface area (Å²) in [6.07, 6.45) is 1.79. The number of nitrogens with one attached hydrogen (secondary N) is 1. The minimum Gasteiger partial charge on any atom is -0.378 e. The van der Waals surface area contributed by atoms with Gasteiger partial charge in [-0.3, -0.25) is 9.80 Å². The van der Waals surface area contributed by atoms with Crippen LogP contribution < -0.4 is 5.32 Å². The van der Waals surface area contributed by atoms with E-state index in [1.807, 2.05) is 29.3 Å². The zero-order valence-electron chi connectivity index (χ0n) is 13.1. The summed E-state index contributed by atoms with van der Waals surface area (Å²) < 4.78 is 5.29. The van der Waals surface area contributed by atoms with Crippen molar-refractivity contribution in [3.63, 3.8) is 0 Å². The van der Waals surface area contributed by atoms with E-state index < -0.39 is 0 Å². The fourth-order valence-electron chi connectivity index (χ4n) is 2.36. The molecule has 1 aliphatic rings. The largest absolute Gasteiger partial charge is 0.378 e. The van der Waals surface area contributed by atoms with Crippen molar-refractivity contribution < 1.29 is 9.53 Å². The van der Waals surface area contributed by atoms with E-state index in [1.54, 1.807) is 30.5 Å². The molecular formula is C18H18ClN3O2. The van der Waals surface area contributed by atoms with E-state index in [1.165, 1.54) is 0 Å². The molecule has 3 rings (SSSR count). The number of amides is 1. The van der Waals surface area contributed by atoms with Crippen molar-refractivity contribution in [3.8, 4) is 0 Å². The van der Waals surface area contributed by atoms with Gasteiger partial charge < -0.3 is 10.1 Å². The van der Waals surface area contributed by atoms with E-state index >= 15 is 0 Å². The monoisotopic (exact) mass is 343 g/mol. The minimum absolute atomic E-state index is 0.233. The van der Waals surface area contributed by atoms with Gasteiger partial charge in [-0.05, 0) is 29.8 Å². The van der Waals surface area contributed by atoms with Crippen molar-refractivity contribution in [2.75, 3.05) is 31.6 Å². The van der Waals surface area contributed by atoms with Crippen LogP contribution in [-0.2, 0) is 4.74 Å². The van der Waals surface area contributed by atoms with Crippen LogP contribution in [-0.4, -0.2) is 43.4 Å². The van der Waals surface area contributed by atoms with Crippen LogP contribution in [0.2, 0.25) is 5.02 Å². The molecule has 0 aromatic heterocycles. The summed E-state index contributed by atoms with van der Waals surface area (Å²) in [5.41, 5.74) is 2.07. The average molecular weight is 344 g/mol. The highest BCUT2D eigenvalue weighted by Crippen LogP contribution is 2.17. The van der Waals surface area contributed by atoms with Crippen LogP contribution in [0.15, 0.2) is 53.6 Å². The molecule has 2 aromatic carbocycles. The predicted octanol–water partition coefficient (Wildman–Crippen LogP) is 3.26. The molecule has 0 atom stereocenters. The molecule has 1 aliphatic heterocycles. The van der Waals surface area contributed by atoms with Gasteiger partial charge >= 0.3 is 0 Å². The molecule has 1 saturated heterocycles. The standard InChI is InChI=1S/C18H18ClN3O2/c19-17-7-2-1-6-16(17)18(23)21-15-5-3-4-14(12-15)13-20-22-8-10-24-11-9-22/h1-7,12-13H,8-11H2,(H,21,23). The van der Waals surface area contributed by atoms with Crippen molar-refractivity contribution in [3.05, 3.63) is 64.7 Å². The van der Waals surface area contributed by atoms with E-state index in [2.05, 4.69) is 10.4 Å². The number of morpholine rings is 1. The minimum atomic E-state index is -0.233. The molecule has 1 fully saturated rings. The third-order valence-electron chi connectivity index (χ3n) is 3.62. The third kappa shape index (κ3) is 4.34. The summed E-state index contributed by atoms with van der Waals surface area (Å²) in [4.78, 5) is 12.3. The highest BCUT2D eigenvalue weighted by molar-refractivity contribution is 6.34. The highest BCUT2D eigenvalue weighted by Gasteiger charge is 2.10. The van der Waals surface area contributed by atoms with Crippen LogP contribution in [0.3, 0.4) is 0 Å².